The van der Waals surface area contributed by atoms with E-state index in [4.69, 9.17) is 0 Å². The van der Waals surface area contributed by atoms with Gasteiger partial charge >= 0.3 is 0 Å². The second-order valence-corrected chi connectivity index (χ2v) is 7.81. The molecule has 132 valence electrons. The summed E-state index contributed by atoms with van der Waals surface area (Å²) in [5, 5.41) is 2.87. The molecule has 0 atom stereocenters. The summed E-state index contributed by atoms with van der Waals surface area (Å²) in [6.07, 6.45) is 2.65. The molecular formula is C19H22N2O3S. The minimum absolute atomic E-state index is 0.174. The van der Waals surface area contributed by atoms with E-state index in [1.165, 1.54) is 10.4 Å². The number of aryl methyl sites for hydroxylation is 2. The molecule has 25 heavy (non-hydrogen) atoms. The molecule has 0 aliphatic rings. The zero-order valence-corrected chi connectivity index (χ0v) is 15.4. The van der Waals surface area contributed by atoms with Crippen molar-refractivity contribution in [1.82, 2.24) is 0 Å². The fourth-order valence-electron chi connectivity index (χ4n) is 2.48. The zero-order valence-electron chi connectivity index (χ0n) is 14.6. The van der Waals surface area contributed by atoms with Crippen LogP contribution in [0, 0.1) is 13.8 Å². The summed E-state index contributed by atoms with van der Waals surface area (Å²) in [6, 6.07) is 12.2. The van der Waals surface area contributed by atoms with Gasteiger partial charge in [0.15, 0.2) is 0 Å². The van der Waals surface area contributed by atoms with Gasteiger partial charge in [0.2, 0.25) is 10.0 Å². The number of rotatable bonds is 6. The third-order valence-electron chi connectivity index (χ3n) is 3.74. The van der Waals surface area contributed by atoms with Crippen molar-refractivity contribution in [3.8, 4) is 0 Å². The average molecular weight is 358 g/mol. The molecule has 2 aromatic carbocycles. The molecule has 0 spiro atoms. The monoisotopic (exact) mass is 358 g/mol. The normalized spacial score (nSPS) is 11.0. The molecule has 5 nitrogen and oxygen atoms in total. The third-order valence-corrected chi connectivity index (χ3v) is 4.90. The van der Waals surface area contributed by atoms with E-state index < -0.39 is 10.0 Å². The van der Waals surface area contributed by atoms with Crippen molar-refractivity contribution in [3.63, 3.8) is 0 Å². The van der Waals surface area contributed by atoms with Crippen LogP contribution < -0.4 is 9.62 Å². The molecule has 0 radical (unpaired) electrons. The summed E-state index contributed by atoms with van der Waals surface area (Å²) in [5.41, 5.74) is 3.81. The van der Waals surface area contributed by atoms with Crippen molar-refractivity contribution in [2.24, 2.45) is 0 Å². The lowest BCUT2D eigenvalue weighted by Gasteiger charge is -2.20. The van der Waals surface area contributed by atoms with Crippen molar-refractivity contribution >= 4 is 27.3 Å². The third kappa shape index (κ3) is 4.70. The first-order valence-corrected chi connectivity index (χ1v) is 9.64. The summed E-state index contributed by atoms with van der Waals surface area (Å²) in [6.45, 7) is 7.68. The highest BCUT2D eigenvalue weighted by molar-refractivity contribution is 7.92. The van der Waals surface area contributed by atoms with E-state index in [1.54, 1.807) is 24.3 Å². The zero-order chi connectivity index (χ0) is 18.6. The molecule has 1 N–H and O–H groups in total. The van der Waals surface area contributed by atoms with Gasteiger partial charge in [0.05, 0.1) is 18.5 Å². The van der Waals surface area contributed by atoms with Gasteiger partial charge in [-0.3, -0.25) is 9.10 Å². The number of carbonyl (C=O) groups is 1. The van der Waals surface area contributed by atoms with Gasteiger partial charge in [-0.15, -0.1) is 6.58 Å². The van der Waals surface area contributed by atoms with E-state index in [1.807, 2.05) is 32.0 Å². The first-order valence-electron chi connectivity index (χ1n) is 7.79. The summed E-state index contributed by atoms with van der Waals surface area (Å²) in [4.78, 5) is 12.4. The fourth-order valence-corrected chi connectivity index (χ4v) is 3.36. The van der Waals surface area contributed by atoms with Crippen LogP contribution in [0.2, 0.25) is 0 Å². The van der Waals surface area contributed by atoms with Crippen LogP contribution >= 0.6 is 0 Å². The molecule has 2 aromatic rings. The van der Waals surface area contributed by atoms with Crippen LogP contribution in [-0.2, 0) is 10.0 Å². The van der Waals surface area contributed by atoms with Crippen LogP contribution in [0.1, 0.15) is 21.5 Å². The first-order chi connectivity index (χ1) is 11.7. The molecule has 0 aromatic heterocycles. The summed E-state index contributed by atoms with van der Waals surface area (Å²) >= 11 is 0. The van der Waals surface area contributed by atoms with Gasteiger partial charge in [-0.2, -0.15) is 0 Å². The van der Waals surface area contributed by atoms with Crippen molar-refractivity contribution in [1.29, 1.82) is 0 Å². The second-order valence-electron chi connectivity index (χ2n) is 5.90. The Bertz CT molecular complexity index is 887. The van der Waals surface area contributed by atoms with Gasteiger partial charge in [-0.05, 0) is 49.7 Å². The molecule has 0 fully saturated rings. The SMILES string of the molecule is C=CCN(c1ccc(C(=O)Nc2ccc(C)cc2C)cc1)S(C)(=O)=O. The second kappa shape index (κ2) is 7.53. The summed E-state index contributed by atoms with van der Waals surface area (Å²) in [5.74, 6) is -0.242. The van der Waals surface area contributed by atoms with E-state index in [9.17, 15) is 13.2 Å². The lowest BCUT2D eigenvalue weighted by atomic mass is 10.1. The molecular weight excluding hydrogens is 336 g/mol. The van der Waals surface area contributed by atoms with Gasteiger partial charge in [0.25, 0.3) is 5.91 Å². The largest absolute Gasteiger partial charge is 0.322 e. The number of amides is 1. The molecule has 2 rings (SSSR count). The Morgan fingerprint density at radius 3 is 2.32 bits per heavy atom. The smallest absolute Gasteiger partial charge is 0.255 e. The van der Waals surface area contributed by atoms with Crippen molar-refractivity contribution < 1.29 is 13.2 Å². The van der Waals surface area contributed by atoms with E-state index in [0.29, 0.717) is 11.3 Å². The Morgan fingerprint density at radius 1 is 1.16 bits per heavy atom. The molecule has 0 heterocycles. The van der Waals surface area contributed by atoms with Crippen LogP contribution in [0.5, 0.6) is 0 Å². The summed E-state index contributed by atoms with van der Waals surface area (Å²) < 4.78 is 24.9. The number of nitrogens with zero attached hydrogens (tertiary/aromatic N) is 1. The molecule has 6 heteroatoms. The maximum Gasteiger partial charge on any atom is 0.255 e. The van der Waals surface area contributed by atoms with Gasteiger partial charge in [0, 0.05) is 11.3 Å². The first kappa shape index (κ1) is 18.7. The van der Waals surface area contributed by atoms with Gasteiger partial charge < -0.3 is 5.32 Å². The predicted molar refractivity (Wildman–Crippen MR) is 103 cm³/mol. The number of anilines is 2. The quantitative estimate of drug-likeness (QED) is 0.804. The number of hydrogen-bond donors (Lipinski definition) is 1. The summed E-state index contributed by atoms with van der Waals surface area (Å²) in [7, 11) is -3.41. The predicted octanol–water partition coefficient (Wildman–Crippen LogP) is 3.51. The van der Waals surface area contributed by atoms with E-state index in [0.717, 1.165) is 23.1 Å². The Hall–Kier alpha value is -2.60. The highest BCUT2D eigenvalue weighted by Crippen LogP contribution is 2.20. The Morgan fingerprint density at radius 2 is 1.80 bits per heavy atom. The molecule has 0 aliphatic carbocycles. The Labute approximate surface area is 149 Å². The lowest BCUT2D eigenvalue weighted by molar-refractivity contribution is 0.102. The van der Waals surface area contributed by atoms with Crippen molar-refractivity contribution in [2.45, 2.75) is 13.8 Å². The van der Waals surface area contributed by atoms with Crippen LogP contribution in [0.15, 0.2) is 55.1 Å². The maximum absolute atomic E-state index is 12.4. The molecule has 0 saturated heterocycles. The van der Waals surface area contributed by atoms with Crippen LogP contribution in [0.3, 0.4) is 0 Å². The van der Waals surface area contributed by atoms with Gasteiger partial charge in [-0.1, -0.05) is 23.8 Å². The Balaban J connectivity index is 2.21. The van der Waals surface area contributed by atoms with Crippen molar-refractivity contribution in [2.75, 3.05) is 22.4 Å². The molecule has 0 aliphatic heterocycles. The highest BCUT2D eigenvalue weighted by Gasteiger charge is 2.16. The lowest BCUT2D eigenvalue weighted by Crippen LogP contribution is -2.29. The van der Waals surface area contributed by atoms with Crippen molar-refractivity contribution in [3.05, 3.63) is 71.8 Å². The number of carbonyl (C=O) groups excluding carboxylic acids is 1. The average Bonchev–Trinajstić information content (AvgIpc) is 2.54. The number of benzene rings is 2. The number of hydrogen-bond acceptors (Lipinski definition) is 3. The van der Waals surface area contributed by atoms with Gasteiger partial charge in [0.1, 0.15) is 0 Å². The molecule has 0 saturated carbocycles. The maximum atomic E-state index is 12.4. The van der Waals surface area contributed by atoms with E-state index in [2.05, 4.69) is 11.9 Å². The molecule has 0 bridgehead atoms. The molecule has 0 unspecified atom stereocenters. The van der Waals surface area contributed by atoms with E-state index >= 15 is 0 Å². The van der Waals surface area contributed by atoms with Crippen LogP contribution in [-0.4, -0.2) is 27.1 Å². The van der Waals surface area contributed by atoms with Crippen LogP contribution in [0.4, 0.5) is 11.4 Å². The minimum Gasteiger partial charge on any atom is -0.322 e. The topological polar surface area (TPSA) is 66.5 Å². The Kier molecular flexibility index (Phi) is 5.64. The molecule has 1 amide bonds. The number of sulfonamides is 1. The highest BCUT2D eigenvalue weighted by atomic mass is 32.2. The van der Waals surface area contributed by atoms with Gasteiger partial charge in [-0.25, -0.2) is 8.42 Å². The fraction of sp³-hybridized carbons (Fsp3) is 0.211. The number of nitrogens with one attached hydrogen (secondary N) is 1. The van der Waals surface area contributed by atoms with E-state index in [-0.39, 0.29) is 12.5 Å². The standard InChI is InChI=1S/C19H22N2O3S/c1-5-12-21(25(4,23)24)17-9-7-16(8-10-17)19(22)20-18-11-6-14(2)13-15(18)3/h5-11,13H,1,12H2,2-4H3,(H,20,22). The van der Waals surface area contributed by atoms with Crippen LogP contribution in [0.25, 0.3) is 0 Å². The minimum atomic E-state index is -3.41.